The first kappa shape index (κ1) is 29.8. The van der Waals surface area contributed by atoms with Crippen molar-refractivity contribution < 1.29 is 0 Å². The number of aromatic nitrogens is 14. The van der Waals surface area contributed by atoms with Gasteiger partial charge in [0.15, 0.2) is 22.6 Å². The molecular formula is C30H34N14. The standard InChI is InChI=1S/2C8H9N3.2C7H8N4/c1-5-3-7-8(4-9-5)11-6(2)10-7;1-5-3-7-8(9-4-5)11-6(2)10-7;1-4-8-3-6-7(10-4)11-5(2)9-6;1-4-3-8-6-7(9-4)11-5(2)10-6/h3-4H,1-2H3,(H,10,11);3-4H,1-2H3,(H,9,10,11);2*3H,1-2H3,(H,8,9,10,11). The highest BCUT2D eigenvalue weighted by Crippen LogP contribution is 2.11. The van der Waals surface area contributed by atoms with Gasteiger partial charge in [-0.15, -0.1) is 0 Å². The molecule has 0 radical (unpaired) electrons. The Bertz CT molecular complexity index is 1870. The molecule has 8 aromatic heterocycles. The van der Waals surface area contributed by atoms with E-state index >= 15 is 0 Å². The Morgan fingerprint density at radius 2 is 1.05 bits per heavy atom. The maximum absolute atomic E-state index is 4.28. The van der Waals surface area contributed by atoms with Crippen LogP contribution in [0.15, 0.2) is 36.9 Å². The van der Waals surface area contributed by atoms with Crippen LogP contribution in [0, 0.1) is 55.4 Å². The van der Waals surface area contributed by atoms with Crippen molar-refractivity contribution in [3.8, 4) is 0 Å². The number of rotatable bonds is 0. The van der Waals surface area contributed by atoms with Crippen molar-refractivity contribution in [2.75, 3.05) is 0 Å². The Balaban J connectivity index is 0.000000116. The van der Waals surface area contributed by atoms with Crippen LogP contribution in [0.1, 0.15) is 46.1 Å². The van der Waals surface area contributed by atoms with E-state index in [9.17, 15) is 0 Å². The van der Waals surface area contributed by atoms with Crippen LogP contribution in [0.4, 0.5) is 0 Å². The summed E-state index contributed by atoms with van der Waals surface area (Å²) in [7, 11) is 0. The number of hydrogen-bond donors (Lipinski definition) is 4. The molecule has 0 unspecified atom stereocenters. The van der Waals surface area contributed by atoms with Crippen LogP contribution < -0.4 is 0 Å². The molecule has 224 valence electrons. The topological polar surface area (TPSA) is 192 Å². The van der Waals surface area contributed by atoms with E-state index in [1.54, 1.807) is 12.4 Å². The van der Waals surface area contributed by atoms with Gasteiger partial charge >= 0.3 is 0 Å². The molecule has 0 atom stereocenters. The van der Waals surface area contributed by atoms with E-state index in [1.165, 1.54) is 0 Å². The highest BCUT2D eigenvalue weighted by molar-refractivity contribution is 5.74. The Morgan fingerprint density at radius 1 is 0.432 bits per heavy atom. The van der Waals surface area contributed by atoms with Gasteiger partial charge in [0.2, 0.25) is 0 Å². The zero-order valence-corrected chi connectivity index (χ0v) is 25.9. The molecule has 0 aromatic carbocycles. The van der Waals surface area contributed by atoms with Crippen molar-refractivity contribution in [3.63, 3.8) is 0 Å². The van der Waals surface area contributed by atoms with Gasteiger partial charge < -0.3 is 19.9 Å². The summed E-state index contributed by atoms with van der Waals surface area (Å²) in [5.41, 5.74) is 9.98. The van der Waals surface area contributed by atoms with Gasteiger partial charge in [-0.05, 0) is 73.1 Å². The van der Waals surface area contributed by atoms with E-state index in [2.05, 4.69) is 69.8 Å². The molecule has 0 aliphatic rings. The van der Waals surface area contributed by atoms with Gasteiger partial charge in [0.1, 0.15) is 34.6 Å². The molecule has 8 heterocycles. The van der Waals surface area contributed by atoms with Gasteiger partial charge in [-0.2, -0.15) is 0 Å². The molecule has 0 bridgehead atoms. The van der Waals surface area contributed by atoms with Crippen molar-refractivity contribution in [1.29, 1.82) is 0 Å². The molecule has 0 fully saturated rings. The summed E-state index contributed by atoms with van der Waals surface area (Å²) in [6, 6.07) is 4.02. The lowest BCUT2D eigenvalue weighted by Gasteiger charge is -1.88. The lowest BCUT2D eigenvalue weighted by atomic mass is 10.3. The molecule has 4 N–H and O–H groups in total. The third kappa shape index (κ3) is 7.40. The van der Waals surface area contributed by atoms with E-state index in [-0.39, 0.29) is 0 Å². The highest BCUT2D eigenvalue weighted by Gasteiger charge is 2.02. The second-order valence-electron chi connectivity index (χ2n) is 10.4. The van der Waals surface area contributed by atoms with Crippen LogP contribution >= 0.6 is 0 Å². The van der Waals surface area contributed by atoms with Gasteiger partial charge in [-0.25, -0.2) is 44.9 Å². The van der Waals surface area contributed by atoms with E-state index in [1.807, 2.05) is 79.9 Å². The van der Waals surface area contributed by atoms with Gasteiger partial charge in [-0.1, -0.05) is 0 Å². The smallest absolute Gasteiger partial charge is 0.197 e. The number of imidazole rings is 4. The fourth-order valence-electron chi connectivity index (χ4n) is 4.27. The molecule has 0 spiro atoms. The van der Waals surface area contributed by atoms with Crippen molar-refractivity contribution >= 4 is 44.7 Å². The van der Waals surface area contributed by atoms with E-state index in [4.69, 9.17) is 0 Å². The molecule has 0 aliphatic carbocycles. The first-order valence-electron chi connectivity index (χ1n) is 13.9. The van der Waals surface area contributed by atoms with Crippen LogP contribution in [0.3, 0.4) is 0 Å². The summed E-state index contributed by atoms with van der Waals surface area (Å²) < 4.78 is 0. The monoisotopic (exact) mass is 590 g/mol. The molecule has 0 aliphatic heterocycles. The van der Waals surface area contributed by atoms with Crippen LogP contribution in [-0.2, 0) is 0 Å². The quantitative estimate of drug-likeness (QED) is 0.185. The normalized spacial score (nSPS) is 10.7. The molecule has 0 saturated carbocycles. The third-order valence-electron chi connectivity index (χ3n) is 6.14. The average molecular weight is 591 g/mol. The first-order chi connectivity index (χ1) is 21.0. The van der Waals surface area contributed by atoms with Crippen LogP contribution in [-0.4, -0.2) is 69.8 Å². The number of H-pyrrole nitrogens is 4. The summed E-state index contributed by atoms with van der Waals surface area (Å²) in [5, 5.41) is 0. The second kappa shape index (κ2) is 12.7. The number of aromatic amines is 4. The molecule has 44 heavy (non-hydrogen) atoms. The van der Waals surface area contributed by atoms with Crippen molar-refractivity contribution in [3.05, 3.63) is 83.0 Å². The highest BCUT2D eigenvalue weighted by atomic mass is 15.0. The van der Waals surface area contributed by atoms with Crippen molar-refractivity contribution in [2.45, 2.75) is 55.4 Å². The Labute approximate surface area is 252 Å². The Kier molecular flexibility index (Phi) is 8.60. The summed E-state index contributed by atoms with van der Waals surface area (Å²) >= 11 is 0. The third-order valence-corrected chi connectivity index (χ3v) is 6.14. The van der Waals surface area contributed by atoms with Crippen LogP contribution in [0.5, 0.6) is 0 Å². The Morgan fingerprint density at radius 3 is 1.84 bits per heavy atom. The summed E-state index contributed by atoms with van der Waals surface area (Å²) in [6.07, 6.45) is 7.09. The zero-order valence-electron chi connectivity index (χ0n) is 25.9. The predicted octanol–water partition coefficient (Wildman–Crippen LogP) is 5.09. The van der Waals surface area contributed by atoms with Gasteiger partial charge in [-0.3, -0.25) is 4.98 Å². The number of pyridine rings is 2. The Hall–Kier alpha value is -5.66. The minimum atomic E-state index is 0.688. The number of fused-ring (bicyclic) bond motifs is 4. The fraction of sp³-hybridized carbons (Fsp3) is 0.267. The summed E-state index contributed by atoms with van der Waals surface area (Å²) in [4.78, 5) is 53.9. The number of aryl methyl sites for hydroxylation is 8. The predicted molar refractivity (Wildman–Crippen MR) is 169 cm³/mol. The molecule has 0 amide bonds. The van der Waals surface area contributed by atoms with Crippen LogP contribution in [0.25, 0.3) is 44.7 Å². The van der Waals surface area contributed by atoms with E-state index in [0.29, 0.717) is 5.65 Å². The maximum atomic E-state index is 4.28. The molecule has 8 aromatic rings. The number of nitrogens with zero attached hydrogens (tertiary/aromatic N) is 10. The minimum Gasteiger partial charge on any atom is -0.341 e. The SMILES string of the molecule is Cc1cc2nc(C)[nH]c2cn1.Cc1cnc2nc(C)[nH]c2c1.Cc1cnc2nc(C)[nH]c2n1.Cc1ncc2[nH]c(C)nc2n1. The van der Waals surface area contributed by atoms with Crippen molar-refractivity contribution in [2.24, 2.45) is 0 Å². The fourth-order valence-corrected chi connectivity index (χ4v) is 4.27. The number of nitrogens with one attached hydrogen (secondary N) is 4. The molecule has 14 nitrogen and oxygen atoms in total. The molecule has 14 heteroatoms. The van der Waals surface area contributed by atoms with Crippen molar-refractivity contribution in [1.82, 2.24) is 69.8 Å². The lowest BCUT2D eigenvalue weighted by Crippen LogP contribution is -1.85. The van der Waals surface area contributed by atoms with E-state index in [0.717, 1.165) is 85.1 Å². The second-order valence-corrected chi connectivity index (χ2v) is 10.4. The molecule has 8 rings (SSSR count). The van der Waals surface area contributed by atoms with E-state index < -0.39 is 0 Å². The van der Waals surface area contributed by atoms with Gasteiger partial charge in [0, 0.05) is 11.9 Å². The van der Waals surface area contributed by atoms with Gasteiger partial charge in [0.05, 0.1) is 40.8 Å². The summed E-state index contributed by atoms with van der Waals surface area (Å²) in [5.74, 6) is 4.33. The minimum absolute atomic E-state index is 0.688. The maximum Gasteiger partial charge on any atom is 0.197 e. The summed E-state index contributed by atoms with van der Waals surface area (Å²) in [6.45, 7) is 15.4. The number of hydrogen-bond acceptors (Lipinski definition) is 10. The zero-order chi connectivity index (χ0) is 31.4. The largest absolute Gasteiger partial charge is 0.341 e. The lowest BCUT2D eigenvalue weighted by molar-refractivity contribution is 1.08. The van der Waals surface area contributed by atoms with Gasteiger partial charge in [0.25, 0.3) is 0 Å². The molecule has 0 saturated heterocycles. The molecular weight excluding hydrogens is 556 g/mol. The average Bonchev–Trinajstić information content (AvgIpc) is 3.71. The van der Waals surface area contributed by atoms with Crippen LogP contribution in [0.2, 0.25) is 0 Å². The first-order valence-corrected chi connectivity index (χ1v) is 13.9.